The van der Waals surface area contributed by atoms with Crippen LogP contribution in [0.5, 0.6) is 5.75 Å². The van der Waals surface area contributed by atoms with Crippen LogP contribution in [-0.4, -0.2) is 31.6 Å². The van der Waals surface area contributed by atoms with Crippen LogP contribution >= 0.6 is 0 Å². The predicted octanol–water partition coefficient (Wildman–Crippen LogP) is 4.08. The molecule has 5 heteroatoms. The van der Waals surface area contributed by atoms with Crippen LogP contribution in [0.2, 0.25) is 0 Å². The fourth-order valence-electron chi connectivity index (χ4n) is 4.77. The van der Waals surface area contributed by atoms with Gasteiger partial charge in [-0.05, 0) is 92.4 Å². The highest BCUT2D eigenvalue weighted by atomic mass is 16.5. The van der Waals surface area contributed by atoms with Gasteiger partial charge in [-0.1, -0.05) is 19.1 Å². The maximum Gasteiger partial charge on any atom is 0.252 e. The molecule has 0 aromatic heterocycles. The first-order chi connectivity index (χ1) is 15.1. The molecular formula is C26H33N3O2. The zero-order valence-electron chi connectivity index (χ0n) is 18.6. The highest BCUT2D eigenvalue weighted by Crippen LogP contribution is 2.49. The molecule has 2 fully saturated rings. The number of hydrogen-bond acceptors (Lipinski definition) is 4. The first kappa shape index (κ1) is 20.4. The fourth-order valence-corrected chi connectivity index (χ4v) is 4.77. The van der Waals surface area contributed by atoms with Crippen molar-refractivity contribution in [1.29, 1.82) is 0 Å². The summed E-state index contributed by atoms with van der Waals surface area (Å²) in [5.41, 5.74) is 6.77. The highest BCUT2D eigenvalue weighted by Gasteiger charge is 2.47. The Morgan fingerprint density at radius 2 is 2.06 bits per heavy atom. The van der Waals surface area contributed by atoms with E-state index in [0.29, 0.717) is 18.2 Å². The van der Waals surface area contributed by atoms with Crippen LogP contribution in [0.25, 0.3) is 0 Å². The number of benzene rings is 2. The van der Waals surface area contributed by atoms with Crippen molar-refractivity contribution in [3.05, 3.63) is 58.1 Å². The highest BCUT2D eigenvalue weighted by molar-refractivity contribution is 5.97. The quantitative estimate of drug-likeness (QED) is 0.633. The molecule has 1 saturated heterocycles. The second-order valence-corrected chi connectivity index (χ2v) is 9.32. The van der Waals surface area contributed by atoms with E-state index in [1.54, 1.807) is 0 Å². The Balaban J connectivity index is 1.38. The lowest BCUT2D eigenvalue weighted by Crippen LogP contribution is -2.46. The minimum Gasteiger partial charge on any atom is -0.492 e. The summed E-state index contributed by atoms with van der Waals surface area (Å²) in [6, 6.07) is 10.9. The Hall–Kier alpha value is -2.53. The largest absolute Gasteiger partial charge is 0.492 e. The first-order valence-corrected chi connectivity index (χ1v) is 11.8. The minimum absolute atomic E-state index is 0.00152. The van der Waals surface area contributed by atoms with Gasteiger partial charge in [0.1, 0.15) is 12.4 Å². The number of rotatable bonds is 7. The summed E-state index contributed by atoms with van der Waals surface area (Å²) >= 11 is 0. The number of carbonyl (C=O) groups excluding carboxylic acids is 1. The van der Waals surface area contributed by atoms with E-state index in [4.69, 9.17) is 4.74 Å². The summed E-state index contributed by atoms with van der Waals surface area (Å²) in [6.45, 7) is 6.93. The minimum atomic E-state index is -0.232. The maximum absolute atomic E-state index is 13.4. The number of fused-ring (bicyclic) bond motifs is 1. The van der Waals surface area contributed by atoms with Gasteiger partial charge in [-0.15, -0.1) is 0 Å². The van der Waals surface area contributed by atoms with Gasteiger partial charge < -0.3 is 20.7 Å². The van der Waals surface area contributed by atoms with E-state index in [-0.39, 0.29) is 11.4 Å². The molecule has 1 amide bonds. The molecule has 2 aromatic rings. The molecule has 2 aromatic carbocycles. The molecule has 3 aliphatic rings. The maximum atomic E-state index is 13.4. The zero-order chi connectivity index (χ0) is 21.4. The molecule has 5 rings (SSSR count). The van der Waals surface area contributed by atoms with Crippen LogP contribution in [0.4, 0.5) is 5.69 Å². The molecule has 0 bridgehead atoms. The Morgan fingerprint density at radius 1 is 1.23 bits per heavy atom. The van der Waals surface area contributed by atoms with Crippen molar-refractivity contribution in [3.8, 4) is 5.75 Å². The number of amides is 1. The monoisotopic (exact) mass is 419 g/mol. The number of aryl methyl sites for hydroxylation is 2. The van der Waals surface area contributed by atoms with E-state index in [1.807, 2.05) is 25.1 Å². The summed E-state index contributed by atoms with van der Waals surface area (Å²) in [7, 11) is 0. The van der Waals surface area contributed by atoms with Gasteiger partial charge in [0.2, 0.25) is 0 Å². The number of anilines is 1. The normalized spacial score (nSPS) is 20.8. The Labute approximate surface area is 185 Å². The summed E-state index contributed by atoms with van der Waals surface area (Å²) in [5, 5.41) is 10.3. The van der Waals surface area contributed by atoms with Gasteiger partial charge in [0.25, 0.3) is 5.91 Å². The number of carbonyl (C=O) groups is 1. The third-order valence-electron chi connectivity index (χ3n) is 7.09. The van der Waals surface area contributed by atoms with Crippen LogP contribution in [0.3, 0.4) is 0 Å². The van der Waals surface area contributed by atoms with E-state index in [9.17, 15) is 4.79 Å². The number of ether oxygens (including phenoxy) is 1. The Kier molecular flexibility index (Phi) is 5.39. The second kappa shape index (κ2) is 8.19. The molecule has 2 aliphatic heterocycles. The second-order valence-electron chi connectivity index (χ2n) is 9.32. The van der Waals surface area contributed by atoms with Gasteiger partial charge >= 0.3 is 0 Å². The molecule has 0 spiro atoms. The lowest BCUT2D eigenvalue weighted by atomic mass is 9.89. The number of nitrogens with one attached hydrogen (secondary N) is 3. The lowest BCUT2D eigenvalue weighted by molar-refractivity contribution is 0.0929. The summed E-state index contributed by atoms with van der Waals surface area (Å²) < 4.78 is 5.94. The smallest absolute Gasteiger partial charge is 0.252 e. The van der Waals surface area contributed by atoms with E-state index in [0.717, 1.165) is 62.9 Å². The van der Waals surface area contributed by atoms with Gasteiger partial charge in [0.15, 0.2) is 0 Å². The molecule has 3 N–H and O–H groups in total. The third kappa shape index (κ3) is 4.03. The van der Waals surface area contributed by atoms with Crippen LogP contribution in [-0.2, 0) is 18.4 Å². The van der Waals surface area contributed by atoms with E-state index < -0.39 is 0 Å². The molecule has 5 nitrogen and oxygen atoms in total. The lowest BCUT2D eigenvalue weighted by Gasteiger charge is -2.28. The summed E-state index contributed by atoms with van der Waals surface area (Å²) in [6.07, 6.45) is 6.38. The molecule has 31 heavy (non-hydrogen) atoms. The molecular weight excluding hydrogens is 386 g/mol. The summed E-state index contributed by atoms with van der Waals surface area (Å²) in [5.74, 6) is 0.769. The Morgan fingerprint density at radius 3 is 2.77 bits per heavy atom. The fraction of sp³-hybridized carbons (Fsp3) is 0.500. The van der Waals surface area contributed by atoms with Crippen LogP contribution in [0.1, 0.15) is 65.2 Å². The standard InChI is InChI=1S/C26H33N3O2/c1-3-18-13-23(21-5-4-11-28-24(21)14-18)26(9-10-26)29-25(30)22-15-20(7-6-17(22)2)31-16-19-8-12-27-19/h6-7,13-15,19,27-28H,3-5,8-12,16H2,1-2H3,(H,29,30). The molecule has 1 aliphatic carbocycles. The van der Waals surface area contributed by atoms with E-state index in [1.165, 1.54) is 22.4 Å². The molecule has 1 atom stereocenters. The molecule has 1 saturated carbocycles. The van der Waals surface area contributed by atoms with Crippen molar-refractivity contribution in [3.63, 3.8) is 0 Å². The zero-order valence-corrected chi connectivity index (χ0v) is 18.6. The molecule has 0 radical (unpaired) electrons. The van der Waals surface area contributed by atoms with Crippen molar-refractivity contribution in [2.24, 2.45) is 0 Å². The SMILES string of the molecule is CCc1cc2c(c(C3(NC(=O)c4cc(OCC5CCN5)ccc4C)CC3)c1)CCCN2. The molecule has 1 unspecified atom stereocenters. The summed E-state index contributed by atoms with van der Waals surface area (Å²) in [4.78, 5) is 13.4. The average molecular weight is 420 g/mol. The van der Waals surface area contributed by atoms with Crippen molar-refractivity contribution >= 4 is 11.6 Å². The van der Waals surface area contributed by atoms with Crippen molar-refractivity contribution in [1.82, 2.24) is 10.6 Å². The van der Waals surface area contributed by atoms with Crippen molar-refractivity contribution < 1.29 is 9.53 Å². The Bertz CT molecular complexity index is 992. The van der Waals surface area contributed by atoms with Gasteiger partial charge in [-0.25, -0.2) is 0 Å². The third-order valence-corrected chi connectivity index (χ3v) is 7.09. The van der Waals surface area contributed by atoms with Gasteiger partial charge in [-0.3, -0.25) is 4.79 Å². The van der Waals surface area contributed by atoms with Crippen molar-refractivity contribution in [2.75, 3.05) is 25.0 Å². The van der Waals surface area contributed by atoms with Gasteiger partial charge in [0, 0.05) is 23.8 Å². The van der Waals surface area contributed by atoms with Gasteiger partial charge in [-0.2, -0.15) is 0 Å². The molecule has 2 heterocycles. The van der Waals surface area contributed by atoms with E-state index in [2.05, 4.69) is 35.0 Å². The molecule has 164 valence electrons. The van der Waals surface area contributed by atoms with E-state index >= 15 is 0 Å². The topological polar surface area (TPSA) is 62.4 Å². The van der Waals surface area contributed by atoms with Crippen molar-refractivity contribution in [2.45, 2.75) is 64.0 Å². The average Bonchev–Trinajstić information content (AvgIpc) is 3.53. The van der Waals surface area contributed by atoms with Gasteiger partial charge in [0.05, 0.1) is 5.54 Å². The van der Waals surface area contributed by atoms with Crippen LogP contribution in [0.15, 0.2) is 30.3 Å². The van der Waals surface area contributed by atoms with Crippen LogP contribution < -0.4 is 20.7 Å². The van der Waals surface area contributed by atoms with Crippen LogP contribution in [0, 0.1) is 6.92 Å². The first-order valence-electron chi connectivity index (χ1n) is 11.8. The number of hydrogen-bond donors (Lipinski definition) is 3. The predicted molar refractivity (Wildman–Crippen MR) is 124 cm³/mol.